The zero-order valence-corrected chi connectivity index (χ0v) is 17.2. The molecule has 0 bridgehead atoms. The van der Waals surface area contributed by atoms with E-state index in [1.54, 1.807) is 0 Å². The van der Waals surface area contributed by atoms with Gasteiger partial charge in [0, 0.05) is 11.1 Å². The van der Waals surface area contributed by atoms with E-state index in [-0.39, 0.29) is 18.4 Å². The Hall–Kier alpha value is -2.15. The molecule has 1 N–H and O–H groups in total. The van der Waals surface area contributed by atoms with E-state index in [9.17, 15) is 9.59 Å². The normalized spacial score (nSPS) is 16.6. The molecule has 3 rings (SSSR count). The second-order valence-electron chi connectivity index (χ2n) is 7.64. The van der Waals surface area contributed by atoms with E-state index in [1.165, 1.54) is 19.1 Å². The number of nitrogens with one attached hydrogen (secondary N) is 1. The number of anilines is 1. The molecule has 1 aromatic carbocycles. The van der Waals surface area contributed by atoms with Crippen molar-refractivity contribution in [3.05, 3.63) is 29.5 Å². The van der Waals surface area contributed by atoms with Crippen LogP contribution in [0.5, 0.6) is 0 Å². The highest BCUT2D eigenvalue weighted by Gasteiger charge is 2.30. The summed E-state index contributed by atoms with van der Waals surface area (Å²) in [7, 11) is 1.38. The highest BCUT2D eigenvalue weighted by atomic mass is 32.2. The lowest BCUT2D eigenvalue weighted by molar-refractivity contribution is -0.155. The van der Waals surface area contributed by atoms with Crippen LogP contribution in [0.15, 0.2) is 18.2 Å². The number of hydrogen-bond acceptors (Lipinski definition) is 6. The second kappa shape index (κ2) is 7.46. The lowest BCUT2D eigenvalue weighted by Crippen LogP contribution is -2.27. The van der Waals surface area contributed by atoms with Crippen LogP contribution in [-0.2, 0) is 20.7 Å². The van der Waals surface area contributed by atoms with Gasteiger partial charge in [-0.05, 0) is 44.9 Å². The molecule has 2 heterocycles. The van der Waals surface area contributed by atoms with E-state index in [0.29, 0.717) is 11.4 Å². The molecule has 0 saturated heterocycles. The maximum atomic E-state index is 12.5. The monoisotopic (exact) mass is 390 g/mol. The van der Waals surface area contributed by atoms with Gasteiger partial charge in [-0.15, -0.1) is 0 Å². The molecule has 27 heavy (non-hydrogen) atoms. The molecule has 0 saturated carbocycles. The molecule has 1 aliphatic rings. The number of ether oxygens (including phenoxy) is 2. The molecule has 2 aromatic rings. The Bertz CT molecular complexity index is 882. The number of carbonyl (C=O) groups is 2. The third kappa shape index (κ3) is 3.93. The molecule has 1 unspecified atom stereocenters. The fraction of sp³-hybridized carbons (Fsp3) is 0.500. The van der Waals surface area contributed by atoms with Crippen molar-refractivity contribution in [2.45, 2.75) is 52.2 Å². The van der Waals surface area contributed by atoms with Crippen molar-refractivity contribution < 1.29 is 19.1 Å². The van der Waals surface area contributed by atoms with Gasteiger partial charge in [0.05, 0.1) is 30.8 Å². The minimum absolute atomic E-state index is 0.190. The van der Waals surface area contributed by atoms with E-state index < -0.39 is 11.6 Å². The van der Waals surface area contributed by atoms with Crippen molar-refractivity contribution in [2.24, 2.45) is 0 Å². The van der Waals surface area contributed by atoms with E-state index in [0.717, 1.165) is 28.6 Å². The van der Waals surface area contributed by atoms with Crippen LogP contribution in [0.3, 0.4) is 0 Å². The molecule has 1 atom stereocenters. The van der Waals surface area contributed by atoms with Crippen LogP contribution < -0.4 is 4.72 Å². The highest BCUT2D eigenvalue weighted by Crippen LogP contribution is 2.39. The van der Waals surface area contributed by atoms with Crippen LogP contribution in [0, 0.1) is 0 Å². The predicted molar refractivity (Wildman–Crippen MR) is 108 cm³/mol. The van der Waals surface area contributed by atoms with E-state index in [4.69, 9.17) is 9.47 Å². The summed E-state index contributed by atoms with van der Waals surface area (Å²) in [5.41, 5.74) is 2.95. The van der Waals surface area contributed by atoms with E-state index in [1.807, 2.05) is 37.5 Å². The van der Waals surface area contributed by atoms with Gasteiger partial charge in [0.2, 0.25) is 0 Å². The minimum Gasteiger partial charge on any atom is -0.464 e. The molecule has 7 heteroatoms. The molecular weight excluding hydrogens is 364 g/mol. The van der Waals surface area contributed by atoms with Crippen LogP contribution in [0.4, 0.5) is 5.69 Å². The fourth-order valence-electron chi connectivity index (χ4n) is 3.44. The Morgan fingerprint density at radius 3 is 2.70 bits per heavy atom. The van der Waals surface area contributed by atoms with Crippen molar-refractivity contribution in [3.63, 3.8) is 0 Å². The SMILES string of the molecule is CCc1ccc2c3c1cc(C(=O)OC)n3C(CC(=O)OC(C)(C)C)CSN2. The summed E-state index contributed by atoms with van der Waals surface area (Å²) in [6.45, 7) is 7.64. The Morgan fingerprint density at radius 2 is 2.07 bits per heavy atom. The smallest absolute Gasteiger partial charge is 0.354 e. The molecule has 146 valence electrons. The first-order valence-corrected chi connectivity index (χ1v) is 10.1. The first-order chi connectivity index (χ1) is 12.7. The molecule has 1 aromatic heterocycles. The van der Waals surface area contributed by atoms with Gasteiger partial charge in [0.25, 0.3) is 0 Å². The van der Waals surface area contributed by atoms with Crippen molar-refractivity contribution in [2.75, 3.05) is 17.6 Å². The van der Waals surface area contributed by atoms with Gasteiger partial charge >= 0.3 is 11.9 Å². The first kappa shape index (κ1) is 19.6. The lowest BCUT2D eigenvalue weighted by atomic mass is 10.1. The molecule has 0 spiro atoms. The van der Waals surface area contributed by atoms with E-state index in [2.05, 4.69) is 17.7 Å². The van der Waals surface area contributed by atoms with Crippen LogP contribution in [0.2, 0.25) is 0 Å². The third-order valence-corrected chi connectivity index (χ3v) is 5.43. The zero-order valence-electron chi connectivity index (χ0n) is 16.4. The number of rotatable bonds is 4. The van der Waals surface area contributed by atoms with Gasteiger partial charge in [-0.1, -0.05) is 24.9 Å². The number of carbonyl (C=O) groups excluding carboxylic acids is 2. The summed E-state index contributed by atoms with van der Waals surface area (Å²) in [5, 5.41) is 1.01. The van der Waals surface area contributed by atoms with Gasteiger partial charge < -0.3 is 18.8 Å². The maximum absolute atomic E-state index is 12.5. The molecule has 0 fully saturated rings. The average Bonchev–Trinajstić information content (AvgIpc) is 2.90. The highest BCUT2D eigenvalue weighted by molar-refractivity contribution is 8.00. The number of benzene rings is 1. The Balaban J connectivity index is 2.13. The lowest BCUT2D eigenvalue weighted by Gasteiger charge is -2.23. The van der Waals surface area contributed by atoms with Gasteiger partial charge in [-0.3, -0.25) is 4.79 Å². The Kier molecular flexibility index (Phi) is 5.42. The molecule has 6 nitrogen and oxygen atoms in total. The van der Waals surface area contributed by atoms with Gasteiger partial charge in [-0.25, -0.2) is 4.79 Å². The third-order valence-electron chi connectivity index (χ3n) is 4.51. The maximum Gasteiger partial charge on any atom is 0.354 e. The second-order valence-corrected chi connectivity index (χ2v) is 8.46. The van der Waals surface area contributed by atoms with Crippen molar-refractivity contribution in [3.8, 4) is 0 Å². The first-order valence-electron chi connectivity index (χ1n) is 9.10. The van der Waals surface area contributed by atoms with Crippen LogP contribution in [-0.4, -0.2) is 35.0 Å². The number of esters is 2. The minimum atomic E-state index is -0.544. The standard InChI is InChI=1S/C20H26N2O4S/c1-6-12-7-8-15-18-14(12)10-16(19(24)25-5)22(18)13(11-27-21-15)9-17(23)26-20(2,3)4/h7-8,10,13,21H,6,9,11H2,1-5H3. The van der Waals surface area contributed by atoms with Gasteiger partial charge in [0.15, 0.2) is 0 Å². The van der Waals surface area contributed by atoms with Crippen LogP contribution in [0.1, 0.15) is 56.2 Å². The number of aryl methyl sites for hydroxylation is 1. The molecular formula is C20H26N2O4S. The van der Waals surface area contributed by atoms with Crippen molar-refractivity contribution >= 4 is 40.5 Å². The summed E-state index contributed by atoms with van der Waals surface area (Å²) in [6, 6.07) is 5.77. The molecule has 0 amide bonds. The number of aromatic nitrogens is 1. The molecule has 1 aliphatic heterocycles. The van der Waals surface area contributed by atoms with Crippen molar-refractivity contribution in [1.29, 1.82) is 0 Å². The fourth-order valence-corrected chi connectivity index (χ4v) is 4.31. The zero-order chi connectivity index (χ0) is 19.8. The summed E-state index contributed by atoms with van der Waals surface area (Å²) in [5.74, 6) is -0.0514. The number of methoxy groups -OCH3 is 1. The summed E-state index contributed by atoms with van der Waals surface area (Å²) >= 11 is 1.53. The van der Waals surface area contributed by atoms with Crippen molar-refractivity contribution in [1.82, 2.24) is 4.57 Å². The number of hydrogen-bond donors (Lipinski definition) is 1. The van der Waals surface area contributed by atoms with E-state index >= 15 is 0 Å². The van der Waals surface area contributed by atoms with Crippen LogP contribution >= 0.6 is 11.9 Å². The quantitative estimate of drug-likeness (QED) is 0.619. The number of nitrogens with zero attached hydrogens (tertiary/aromatic N) is 1. The van der Waals surface area contributed by atoms with Gasteiger partial charge in [-0.2, -0.15) is 0 Å². The summed E-state index contributed by atoms with van der Waals surface area (Å²) in [4.78, 5) is 25.0. The topological polar surface area (TPSA) is 69.6 Å². The Morgan fingerprint density at radius 1 is 1.33 bits per heavy atom. The Labute approximate surface area is 163 Å². The summed E-state index contributed by atoms with van der Waals surface area (Å²) in [6.07, 6.45) is 1.04. The summed E-state index contributed by atoms with van der Waals surface area (Å²) < 4.78 is 15.8. The van der Waals surface area contributed by atoms with Gasteiger partial charge in [0.1, 0.15) is 11.3 Å². The molecule has 0 radical (unpaired) electrons. The largest absolute Gasteiger partial charge is 0.464 e. The van der Waals surface area contributed by atoms with Crippen LogP contribution in [0.25, 0.3) is 10.9 Å². The molecule has 0 aliphatic carbocycles. The average molecular weight is 391 g/mol. The predicted octanol–water partition coefficient (Wildman–Crippen LogP) is 4.34.